The van der Waals surface area contributed by atoms with E-state index in [1.165, 1.54) is 23.1 Å². The second-order valence-electron chi connectivity index (χ2n) is 3.89. The number of aliphatic hydroxyl groups excluding tert-OH is 1. The summed E-state index contributed by atoms with van der Waals surface area (Å²) in [7, 11) is 0. The number of carboxylic acids is 1. The van der Waals surface area contributed by atoms with Crippen molar-refractivity contribution in [1.82, 2.24) is 10.3 Å². The molecule has 2 aromatic rings. The zero-order chi connectivity index (χ0) is 14.5. The fraction of sp³-hybridized carbons (Fsp3) is 0.250. The number of hydrogen-bond acceptors (Lipinski definition) is 6. The molecule has 0 spiro atoms. The minimum atomic E-state index is -1.58. The number of rotatable bonds is 6. The van der Waals surface area contributed by atoms with Crippen LogP contribution in [-0.4, -0.2) is 45.5 Å². The molecule has 3 N–H and O–H groups in total. The van der Waals surface area contributed by atoms with Crippen molar-refractivity contribution in [3.63, 3.8) is 0 Å². The molecule has 0 unspecified atom stereocenters. The van der Waals surface area contributed by atoms with Gasteiger partial charge in [0.2, 0.25) is 5.91 Å². The lowest BCUT2D eigenvalue weighted by molar-refractivity contribution is -0.146. The largest absolute Gasteiger partial charge is 0.479 e. The Hall–Kier alpha value is -1.64. The van der Waals surface area contributed by atoms with Gasteiger partial charge in [-0.2, -0.15) is 0 Å². The van der Waals surface area contributed by atoms with Crippen LogP contribution in [0.2, 0.25) is 0 Å². The minimum absolute atomic E-state index is 0.131. The molecule has 0 aliphatic rings. The number of benzene rings is 1. The van der Waals surface area contributed by atoms with Crippen LogP contribution in [0.3, 0.4) is 0 Å². The van der Waals surface area contributed by atoms with Crippen molar-refractivity contribution < 1.29 is 19.8 Å². The van der Waals surface area contributed by atoms with Gasteiger partial charge in [0.25, 0.3) is 0 Å². The maximum atomic E-state index is 11.5. The Balaban J connectivity index is 1.82. The number of para-hydroxylation sites is 1. The number of aliphatic hydroxyl groups is 1. The topological polar surface area (TPSA) is 99.5 Å². The van der Waals surface area contributed by atoms with Crippen molar-refractivity contribution in [2.24, 2.45) is 0 Å². The normalized spacial score (nSPS) is 12.2. The number of aromatic nitrogens is 1. The highest BCUT2D eigenvalue weighted by atomic mass is 32.2. The molecular formula is C12H12N2O4S2. The molecule has 20 heavy (non-hydrogen) atoms. The van der Waals surface area contributed by atoms with Crippen molar-refractivity contribution in [3.8, 4) is 0 Å². The number of carbonyl (C=O) groups is 2. The van der Waals surface area contributed by atoms with Gasteiger partial charge >= 0.3 is 5.97 Å². The molecule has 2 rings (SSSR count). The molecular weight excluding hydrogens is 300 g/mol. The molecule has 1 aromatic heterocycles. The van der Waals surface area contributed by atoms with E-state index in [-0.39, 0.29) is 18.2 Å². The molecule has 1 atom stereocenters. The van der Waals surface area contributed by atoms with Crippen LogP contribution >= 0.6 is 23.1 Å². The number of fused-ring (bicyclic) bond motifs is 1. The first kappa shape index (κ1) is 14.8. The fourth-order valence-corrected chi connectivity index (χ4v) is 3.29. The summed E-state index contributed by atoms with van der Waals surface area (Å²) in [5.74, 6) is -1.56. The molecule has 0 aliphatic heterocycles. The summed E-state index contributed by atoms with van der Waals surface area (Å²) in [6, 6.07) is 7.69. The molecule has 0 radical (unpaired) electrons. The van der Waals surface area contributed by atoms with Gasteiger partial charge in [0.05, 0.1) is 22.5 Å². The van der Waals surface area contributed by atoms with E-state index in [0.717, 1.165) is 14.6 Å². The molecule has 1 amide bonds. The van der Waals surface area contributed by atoms with Gasteiger partial charge < -0.3 is 15.5 Å². The van der Waals surface area contributed by atoms with Gasteiger partial charge in [0.15, 0.2) is 10.4 Å². The second kappa shape index (κ2) is 6.69. The maximum absolute atomic E-state index is 11.5. The van der Waals surface area contributed by atoms with Crippen molar-refractivity contribution in [2.75, 3.05) is 12.3 Å². The van der Waals surface area contributed by atoms with Crippen LogP contribution in [0, 0.1) is 0 Å². The van der Waals surface area contributed by atoms with Crippen LogP contribution in [0.15, 0.2) is 28.6 Å². The Bertz CT molecular complexity index is 596. The lowest BCUT2D eigenvalue weighted by atomic mass is 10.3. The number of nitrogens with zero attached hydrogens (tertiary/aromatic N) is 1. The van der Waals surface area contributed by atoms with Gasteiger partial charge in [0.1, 0.15) is 0 Å². The molecule has 0 fully saturated rings. The summed E-state index contributed by atoms with van der Waals surface area (Å²) in [6.45, 7) is -0.297. The lowest BCUT2D eigenvalue weighted by Gasteiger charge is -2.06. The Labute approximate surface area is 122 Å². The summed E-state index contributed by atoms with van der Waals surface area (Å²) in [4.78, 5) is 26.2. The Morgan fingerprint density at radius 3 is 2.85 bits per heavy atom. The van der Waals surface area contributed by atoms with Gasteiger partial charge in [0, 0.05) is 0 Å². The first-order chi connectivity index (χ1) is 9.56. The highest BCUT2D eigenvalue weighted by Crippen LogP contribution is 2.28. The van der Waals surface area contributed by atoms with E-state index < -0.39 is 12.1 Å². The predicted molar refractivity (Wildman–Crippen MR) is 77.0 cm³/mol. The van der Waals surface area contributed by atoms with Gasteiger partial charge in [-0.25, -0.2) is 9.78 Å². The molecule has 1 aromatic carbocycles. The number of thiazole rings is 1. The van der Waals surface area contributed by atoms with Crippen LogP contribution in [0.25, 0.3) is 10.2 Å². The second-order valence-corrected chi connectivity index (χ2v) is 6.15. The van der Waals surface area contributed by atoms with Crippen LogP contribution in [0.4, 0.5) is 0 Å². The molecule has 0 saturated heterocycles. The van der Waals surface area contributed by atoms with E-state index >= 15 is 0 Å². The predicted octanol–water partition coefficient (Wildman–Crippen LogP) is 0.950. The number of amides is 1. The Morgan fingerprint density at radius 1 is 1.40 bits per heavy atom. The highest BCUT2D eigenvalue weighted by molar-refractivity contribution is 8.01. The Morgan fingerprint density at radius 2 is 2.15 bits per heavy atom. The maximum Gasteiger partial charge on any atom is 0.334 e. The lowest BCUT2D eigenvalue weighted by Crippen LogP contribution is -2.37. The number of nitrogens with one attached hydrogen (secondary N) is 1. The van der Waals surface area contributed by atoms with Gasteiger partial charge in [-0.05, 0) is 12.1 Å². The standard InChI is InChI=1S/C12H12N2O4S2/c15-8(11(17)18)5-13-10(16)6-19-12-14-7-3-1-2-4-9(7)20-12/h1-4,8,15H,5-6H2,(H,13,16)(H,17,18)/t8-/m0/s1. The molecule has 8 heteroatoms. The minimum Gasteiger partial charge on any atom is -0.479 e. The van der Waals surface area contributed by atoms with Crippen molar-refractivity contribution in [2.45, 2.75) is 10.4 Å². The van der Waals surface area contributed by atoms with Crippen LogP contribution in [0.5, 0.6) is 0 Å². The van der Waals surface area contributed by atoms with Crippen LogP contribution < -0.4 is 5.32 Å². The van der Waals surface area contributed by atoms with E-state index in [4.69, 9.17) is 10.2 Å². The van der Waals surface area contributed by atoms with Crippen LogP contribution in [-0.2, 0) is 9.59 Å². The number of hydrogen-bond donors (Lipinski definition) is 3. The van der Waals surface area contributed by atoms with E-state index in [9.17, 15) is 9.59 Å². The fourth-order valence-electron chi connectivity index (χ4n) is 1.39. The zero-order valence-corrected chi connectivity index (χ0v) is 11.9. The summed E-state index contributed by atoms with van der Waals surface area (Å²) >= 11 is 2.78. The van der Waals surface area contributed by atoms with E-state index in [0.29, 0.717) is 0 Å². The van der Waals surface area contributed by atoms with E-state index in [1.807, 2.05) is 24.3 Å². The summed E-state index contributed by atoms with van der Waals surface area (Å²) in [5, 5.41) is 19.8. The first-order valence-corrected chi connectivity index (χ1v) is 7.52. The average molecular weight is 312 g/mol. The quantitative estimate of drug-likeness (QED) is 0.687. The number of aliphatic carboxylic acids is 1. The molecule has 6 nitrogen and oxygen atoms in total. The highest BCUT2D eigenvalue weighted by Gasteiger charge is 2.14. The SMILES string of the molecule is O=C(CSc1nc2ccccc2s1)NC[C@H](O)C(=O)O. The molecule has 0 bridgehead atoms. The van der Waals surface area contributed by atoms with Crippen molar-refractivity contribution in [3.05, 3.63) is 24.3 Å². The summed E-state index contributed by atoms with van der Waals surface area (Å²) in [5.41, 5.74) is 0.890. The first-order valence-electron chi connectivity index (χ1n) is 5.72. The Kier molecular flexibility index (Phi) is 4.94. The molecule has 106 valence electrons. The van der Waals surface area contributed by atoms with Crippen LogP contribution in [0.1, 0.15) is 0 Å². The van der Waals surface area contributed by atoms with Crippen molar-refractivity contribution in [1.29, 1.82) is 0 Å². The third-order valence-corrected chi connectivity index (χ3v) is 4.56. The summed E-state index contributed by atoms with van der Waals surface area (Å²) in [6.07, 6.45) is -1.58. The smallest absolute Gasteiger partial charge is 0.334 e. The third kappa shape index (κ3) is 3.92. The van der Waals surface area contributed by atoms with Gasteiger partial charge in [-0.15, -0.1) is 11.3 Å². The third-order valence-electron chi connectivity index (χ3n) is 2.38. The molecule has 0 saturated carbocycles. The zero-order valence-electron chi connectivity index (χ0n) is 10.3. The van der Waals surface area contributed by atoms with Crippen molar-refractivity contribution >= 4 is 45.2 Å². The molecule has 0 aliphatic carbocycles. The summed E-state index contributed by atoms with van der Waals surface area (Å²) < 4.78 is 1.83. The van der Waals surface area contributed by atoms with E-state index in [1.54, 1.807) is 0 Å². The van der Waals surface area contributed by atoms with Gasteiger partial charge in [-0.3, -0.25) is 4.79 Å². The number of carbonyl (C=O) groups excluding carboxylic acids is 1. The van der Waals surface area contributed by atoms with E-state index in [2.05, 4.69) is 10.3 Å². The number of carboxylic acid groups (broad SMARTS) is 1. The van der Waals surface area contributed by atoms with Gasteiger partial charge in [-0.1, -0.05) is 23.9 Å². The number of thioether (sulfide) groups is 1. The average Bonchev–Trinajstić information content (AvgIpc) is 2.85. The monoisotopic (exact) mass is 312 g/mol. The molecule has 1 heterocycles.